The summed E-state index contributed by atoms with van der Waals surface area (Å²) in [7, 11) is 2.21. The van der Waals surface area contributed by atoms with Crippen molar-refractivity contribution in [3.63, 3.8) is 0 Å². The Kier molecular flexibility index (Phi) is 4.24. The van der Waals surface area contributed by atoms with Gasteiger partial charge in [-0.25, -0.2) is 0 Å². The number of halogens is 1. The zero-order chi connectivity index (χ0) is 8.10. The molecule has 0 spiro atoms. The van der Waals surface area contributed by atoms with Crippen molar-refractivity contribution >= 4 is 11.6 Å². The second kappa shape index (κ2) is 5.00. The fraction of sp³-hybridized carbons (Fsp3) is 1.00. The zero-order valence-electron chi connectivity index (χ0n) is 7.35. The van der Waals surface area contributed by atoms with Gasteiger partial charge in [-0.15, -0.1) is 11.6 Å². The molecular weight excluding hydrogens is 158 g/mol. The van der Waals surface area contributed by atoms with Crippen molar-refractivity contribution in [3.05, 3.63) is 0 Å². The molecule has 1 rings (SSSR count). The van der Waals surface area contributed by atoms with E-state index in [1.165, 1.54) is 32.4 Å². The highest BCUT2D eigenvalue weighted by atomic mass is 35.5. The van der Waals surface area contributed by atoms with E-state index in [9.17, 15) is 0 Å². The van der Waals surface area contributed by atoms with Crippen LogP contribution in [0, 0.1) is 5.92 Å². The molecule has 1 fully saturated rings. The first-order chi connectivity index (χ1) is 5.33. The molecule has 0 aliphatic heterocycles. The third kappa shape index (κ3) is 4.65. The quantitative estimate of drug-likeness (QED) is 0.443. The first kappa shape index (κ1) is 9.34. The Labute approximate surface area is 74.7 Å². The molecule has 66 valence electrons. The van der Waals surface area contributed by atoms with Crippen LogP contribution in [0.15, 0.2) is 0 Å². The molecule has 0 unspecified atom stereocenters. The van der Waals surface area contributed by atoms with Gasteiger partial charge in [0.25, 0.3) is 0 Å². The van der Waals surface area contributed by atoms with Gasteiger partial charge in [0.2, 0.25) is 0 Å². The topological polar surface area (TPSA) is 3.24 Å². The van der Waals surface area contributed by atoms with Gasteiger partial charge in [0.1, 0.15) is 0 Å². The molecule has 0 N–H and O–H groups in total. The summed E-state index contributed by atoms with van der Waals surface area (Å²) in [4.78, 5) is 2.43. The molecule has 0 aromatic rings. The van der Waals surface area contributed by atoms with E-state index in [2.05, 4.69) is 11.9 Å². The van der Waals surface area contributed by atoms with Gasteiger partial charge in [0, 0.05) is 12.4 Å². The number of alkyl halides is 1. The third-order valence-electron chi connectivity index (χ3n) is 2.19. The molecule has 1 aliphatic carbocycles. The molecule has 0 amide bonds. The lowest BCUT2D eigenvalue weighted by Crippen LogP contribution is -2.22. The molecule has 1 saturated carbocycles. The van der Waals surface area contributed by atoms with Crippen molar-refractivity contribution in [1.29, 1.82) is 0 Å². The van der Waals surface area contributed by atoms with Gasteiger partial charge < -0.3 is 4.90 Å². The molecule has 2 heteroatoms. The van der Waals surface area contributed by atoms with Gasteiger partial charge in [-0.05, 0) is 45.2 Å². The van der Waals surface area contributed by atoms with Crippen LogP contribution in [-0.4, -0.2) is 30.9 Å². The Hall–Kier alpha value is 0.250. The number of rotatable bonds is 6. The van der Waals surface area contributed by atoms with Crippen molar-refractivity contribution in [1.82, 2.24) is 4.90 Å². The van der Waals surface area contributed by atoms with Crippen LogP contribution in [0.3, 0.4) is 0 Å². The van der Waals surface area contributed by atoms with Crippen LogP contribution in [0.2, 0.25) is 0 Å². The van der Waals surface area contributed by atoms with E-state index >= 15 is 0 Å². The Morgan fingerprint density at radius 1 is 1.36 bits per heavy atom. The minimum atomic E-state index is 0.817. The van der Waals surface area contributed by atoms with Crippen LogP contribution in [0.4, 0.5) is 0 Å². The molecular formula is C9H18ClN. The second-order valence-corrected chi connectivity index (χ2v) is 3.98. The van der Waals surface area contributed by atoms with Crippen molar-refractivity contribution in [2.24, 2.45) is 5.92 Å². The fourth-order valence-electron chi connectivity index (χ4n) is 1.31. The van der Waals surface area contributed by atoms with E-state index in [1.54, 1.807) is 0 Å². The summed E-state index contributed by atoms with van der Waals surface area (Å²) in [6.45, 7) is 2.53. The third-order valence-corrected chi connectivity index (χ3v) is 2.46. The highest BCUT2D eigenvalue weighted by Gasteiger charge is 2.22. The summed E-state index contributed by atoms with van der Waals surface area (Å²) in [5, 5.41) is 0. The second-order valence-electron chi connectivity index (χ2n) is 3.60. The lowest BCUT2D eigenvalue weighted by molar-refractivity contribution is 0.315. The summed E-state index contributed by atoms with van der Waals surface area (Å²) in [5.41, 5.74) is 0. The molecule has 0 saturated heterocycles. The van der Waals surface area contributed by atoms with Crippen molar-refractivity contribution in [2.75, 3.05) is 26.0 Å². The minimum absolute atomic E-state index is 0.817. The van der Waals surface area contributed by atoms with Gasteiger partial charge in [0.05, 0.1) is 0 Å². The molecule has 1 nitrogen and oxygen atoms in total. The molecule has 0 aromatic carbocycles. The normalized spacial score (nSPS) is 17.7. The molecule has 0 atom stereocenters. The van der Waals surface area contributed by atoms with Crippen LogP contribution in [-0.2, 0) is 0 Å². The molecule has 0 bridgehead atoms. The number of nitrogens with zero attached hydrogens (tertiary/aromatic N) is 1. The van der Waals surface area contributed by atoms with Crippen LogP contribution in [0.1, 0.15) is 25.7 Å². The number of hydrogen-bond acceptors (Lipinski definition) is 1. The average Bonchev–Trinajstić information content (AvgIpc) is 2.72. The van der Waals surface area contributed by atoms with Gasteiger partial charge >= 0.3 is 0 Å². The number of unbranched alkanes of at least 4 members (excludes halogenated alkanes) is 1. The maximum atomic E-state index is 5.58. The Morgan fingerprint density at radius 3 is 2.64 bits per heavy atom. The van der Waals surface area contributed by atoms with Gasteiger partial charge in [-0.1, -0.05) is 0 Å². The van der Waals surface area contributed by atoms with Crippen molar-refractivity contribution in [3.8, 4) is 0 Å². The van der Waals surface area contributed by atoms with Gasteiger partial charge in [-0.3, -0.25) is 0 Å². The van der Waals surface area contributed by atoms with Crippen LogP contribution in [0.5, 0.6) is 0 Å². The molecule has 0 aromatic heterocycles. The summed E-state index contributed by atoms with van der Waals surface area (Å²) in [6, 6.07) is 0. The highest BCUT2D eigenvalue weighted by Crippen LogP contribution is 2.29. The van der Waals surface area contributed by atoms with Crippen LogP contribution >= 0.6 is 11.6 Å². The van der Waals surface area contributed by atoms with E-state index in [0.29, 0.717) is 0 Å². The maximum Gasteiger partial charge on any atom is 0.0223 e. The van der Waals surface area contributed by atoms with Crippen molar-refractivity contribution in [2.45, 2.75) is 25.7 Å². The van der Waals surface area contributed by atoms with Crippen LogP contribution in [0.25, 0.3) is 0 Å². The van der Waals surface area contributed by atoms with E-state index in [4.69, 9.17) is 11.6 Å². The number of hydrogen-bond donors (Lipinski definition) is 0. The predicted octanol–water partition coefficient (Wildman–Crippen LogP) is 2.35. The first-order valence-corrected chi connectivity index (χ1v) is 5.11. The van der Waals surface area contributed by atoms with E-state index in [-0.39, 0.29) is 0 Å². The summed E-state index contributed by atoms with van der Waals surface area (Å²) < 4.78 is 0. The molecule has 0 radical (unpaired) electrons. The van der Waals surface area contributed by atoms with Crippen molar-refractivity contribution < 1.29 is 0 Å². The molecule has 1 aliphatic rings. The highest BCUT2D eigenvalue weighted by molar-refractivity contribution is 6.17. The molecule has 0 heterocycles. The summed E-state index contributed by atoms with van der Waals surface area (Å²) in [5.74, 6) is 1.84. The fourth-order valence-corrected chi connectivity index (χ4v) is 1.50. The van der Waals surface area contributed by atoms with E-state index < -0.39 is 0 Å². The SMILES string of the molecule is CN(CCCCCl)CC1CC1. The minimum Gasteiger partial charge on any atom is -0.306 e. The predicted molar refractivity (Wildman–Crippen MR) is 50.2 cm³/mol. The zero-order valence-corrected chi connectivity index (χ0v) is 8.11. The Bertz CT molecular complexity index is 102. The largest absolute Gasteiger partial charge is 0.306 e. The first-order valence-electron chi connectivity index (χ1n) is 4.57. The van der Waals surface area contributed by atoms with E-state index in [0.717, 1.165) is 18.2 Å². The Balaban J connectivity index is 1.87. The summed E-state index contributed by atoms with van der Waals surface area (Å²) in [6.07, 6.45) is 5.34. The van der Waals surface area contributed by atoms with Crippen LogP contribution < -0.4 is 0 Å². The molecule has 11 heavy (non-hydrogen) atoms. The smallest absolute Gasteiger partial charge is 0.0223 e. The Morgan fingerprint density at radius 2 is 2.09 bits per heavy atom. The van der Waals surface area contributed by atoms with E-state index in [1.807, 2.05) is 0 Å². The van der Waals surface area contributed by atoms with Gasteiger partial charge in [0.15, 0.2) is 0 Å². The van der Waals surface area contributed by atoms with Gasteiger partial charge in [-0.2, -0.15) is 0 Å². The lowest BCUT2D eigenvalue weighted by Gasteiger charge is -2.14. The summed E-state index contributed by atoms with van der Waals surface area (Å²) >= 11 is 5.58. The monoisotopic (exact) mass is 175 g/mol. The lowest BCUT2D eigenvalue weighted by atomic mass is 10.3. The standard InChI is InChI=1S/C9H18ClN/c1-11(7-3-2-6-10)8-9-4-5-9/h9H,2-8H2,1H3. The maximum absolute atomic E-state index is 5.58. The average molecular weight is 176 g/mol.